The fourth-order valence-corrected chi connectivity index (χ4v) is 2.86. The summed E-state index contributed by atoms with van der Waals surface area (Å²) in [6.45, 7) is 0.178. The monoisotopic (exact) mass is 350 g/mol. The third kappa shape index (κ3) is 3.39. The van der Waals surface area contributed by atoms with E-state index in [1.807, 2.05) is 18.2 Å². The molecule has 0 saturated heterocycles. The van der Waals surface area contributed by atoms with E-state index in [1.54, 1.807) is 30.3 Å². The van der Waals surface area contributed by atoms with E-state index in [0.717, 1.165) is 5.56 Å². The molecule has 2 aromatic carbocycles. The summed E-state index contributed by atoms with van der Waals surface area (Å²) in [6.07, 6.45) is 0.507. The maximum Gasteiger partial charge on any atom is 0.261 e. The Labute approximate surface area is 145 Å². The number of fused-ring (bicyclic) bond motifs is 1. The number of hydrogen-bond donors (Lipinski definition) is 1. The summed E-state index contributed by atoms with van der Waals surface area (Å²) in [7, 11) is 0. The summed E-state index contributed by atoms with van der Waals surface area (Å²) in [5.74, 6) is -0.564. The second-order valence-corrected chi connectivity index (χ2v) is 5.73. The van der Waals surface area contributed by atoms with Crippen LogP contribution in [0.4, 0.5) is 0 Å². The van der Waals surface area contributed by atoms with E-state index in [4.69, 9.17) is 17.3 Å². The van der Waals surface area contributed by atoms with Crippen molar-refractivity contribution >= 4 is 35.8 Å². The van der Waals surface area contributed by atoms with Gasteiger partial charge in [-0.3, -0.25) is 14.5 Å². The van der Waals surface area contributed by atoms with Gasteiger partial charge in [0.05, 0.1) is 11.1 Å². The maximum absolute atomic E-state index is 12.3. The van der Waals surface area contributed by atoms with E-state index in [-0.39, 0.29) is 36.8 Å². The minimum atomic E-state index is -0.359. The van der Waals surface area contributed by atoms with Crippen LogP contribution in [0.15, 0.2) is 48.5 Å². The largest absolute Gasteiger partial charge is 0.326 e. The van der Waals surface area contributed by atoms with Gasteiger partial charge in [0.1, 0.15) is 0 Å². The molecule has 2 amide bonds. The highest BCUT2D eigenvalue weighted by atomic mass is 35.5. The van der Waals surface area contributed by atoms with Crippen LogP contribution in [0.3, 0.4) is 0 Å². The second-order valence-electron chi connectivity index (χ2n) is 5.32. The topological polar surface area (TPSA) is 63.4 Å². The van der Waals surface area contributed by atoms with Crippen LogP contribution < -0.4 is 5.73 Å². The molecule has 0 fully saturated rings. The van der Waals surface area contributed by atoms with Crippen LogP contribution >= 0.6 is 24.0 Å². The Bertz CT molecular complexity index is 714. The highest BCUT2D eigenvalue weighted by Crippen LogP contribution is 2.23. The van der Waals surface area contributed by atoms with E-state index >= 15 is 0 Å². The number of nitrogens with two attached hydrogens (primary N) is 1. The van der Waals surface area contributed by atoms with Gasteiger partial charge in [-0.2, -0.15) is 0 Å². The lowest BCUT2D eigenvalue weighted by atomic mass is 10.1. The zero-order valence-corrected chi connectivity index (χ0v) is 13.8. The van der Waals surface area contributed by atoms with E-state index in [9.17, 15) is 9.59 Å². The second kappa shape index (κ2) is 7.13. The summed E-state index contributed by atoms with van der Waals surface area (Å²) >= 11 is 6.11. The molecule has 120 valence electrons. The van der Waals surface area contributed by atoms with Crippen molar-refractivity contribution in [3.05, 3.63) is 70.2 Å². The van der Waals surface area contributed by atoms with Gasteiger partial charge in [-0.05, 0) is 30.2 Å². The van der Waals surface area contributed by atoms with Crippen molar-refractivity contribution in [3.63, 3.8) is 0 Å². The summed E-state index contributed by atoms with van der Waals surface area (Å²) in [5, 5.41) is 0.639. The molecule has 2 N–H and O–H groups in total. The number of nitrogens with zero attached hydrogens (tertiary/aromatic N) is 1. The molecule has 1 atom stereocenters. The van der Waals surface area contributed by atoms with Crippen molar-refractivity contribution in [2.45, 2.75) is 12.5 Å². The third-order valence-corrected chi connectivity index (χ3v) is 4.10. The van der Waals surface area contributed by atoms with E-state index in [1.165, 1.54) is 4.90 Å². The Kier molecular flexibility index (Phi) is 5.42. The first-order chi connectivity index (χ1) is 10.6. The van der Waals surface area contributed by atoms with Gasteiger partial charge < -0.3 is 5.73 Å². The smallest absolute Gasteiger partial charge is 0.261 e. The van der Waals surface area contributed by atoms with Gasteiger partial charge in [0.2, 0.25) is 0 Å². The molecule has 6 heteroatoms. The van der Waals surface area contributed by atoms with E-state index in [0.29, 0.717) is 22.6 Å². The van der Waals surface area contributed by atoms with Crippen molar-refractivity contribution in [2.75, 3.05) is 6.54 Å². The number of benzene rings is 2. The van der Waals surface area contributed by atoms with Crippen molar-refractivity contribution in [1.29, 1.82) is 0 Å². The number of imide groups is 1. The standard InChI is InChI=1S/C17H15ClN2O2.ClH/c18-15-8-4-1-5-11(15)9-12(19)10-20-16(21)13-6-2-3-7-14(13)17(20)22;/h1-8,12H,9-10,19H2;1H/t12-;/m0./s1. The van der Waals surface area contributed by atoms with E-state index < -0.39 is 0 Å². The average molecular weight is 351 g/mol. The average Bonchev–Trinajstić information content (AvgIpc) is 2.75. The molecule has 1 heterocycles. The van der Waals surface area contributed by atoms with Crippen LogP contribution in [0.2, 0.25) is 5.02 Å². The summed E-state index contributed by atoms with van der Waals surface area (Å²) < 4.78 is 0. The van der Waals surface area contributed by atoms with Crippen molar-refractivity contribution < 1.29 is 9.59 Å². The number of hydrogen-bond acceptors (Lipinski definition) is 3. The van der Waals surface area contributed by atoms with Gasteiger partial charge in [-0.1, -0.05) is 41.9 Å². The quantitative estimate of drug-likeness (QED) is 0.862. The fraction of sp³-hybridized carbons (Fsp3) is 0.176. The Morgan fingerprint density at radius 1 is 0.957 bits per heavy atom. The summed E-state index contributed by atoms with van der Waals surface area (Å²) in [6, 6.07) is 13.9. The molecule has 23 heavy (non-hydrogen) atoms. The lowest BCUT2D eigenvalue weighted by Crippen LogP contribution is -2.41. The third-order valence-electron chi connectivity index (χ3n) is 3.74. The molecule has 2 aromatic rings. The predicted molar refractivity (Wildman–Crippen MR) is 92.2 cm³/mol. The summed E-state index contributed by atoms with van der Waals surface area (Å²) in [5.41, 5.74) is 7.90. The Morgan fingerprint density at radius 2 is 1.48 bits per heavy atom. The number of carbonyl (C=O) groups excluding carboxylic acids is 2. The molecule has 0 saturated carbocycles. The molecule has 0 bridgehead atoms. The molecule has 0 aromatic heterocycles. The molecule has 0 spiro atoms. The van der Waals surface area contributed by atoms with Crippen LogP contribution in [-0.2, 0) is 6.42 Å². The van der Waals surface area contributed by atoms with Gasteiger partial charge in [0, 0.05) is 17.6 Å². The SMILES string of the molecule is Cl.N[C@@H](Cc1ccccc1Cl)CN1C(=O)c2ccccc2C1=O. The molecular weight excluding hydrogens is 335 g/mol. The van der Waals surface area contributed by atoms with Crippen molar-refractivity contribution in [1.82, 2.24) is 4.90 Å². The molecule has 0 aliphatic carbocycles. The van der Waals surface area contributed by atoms with Gasteiger partial charge in [0.25, 0.3) is 11.8 Å². The Morgan fingerprint density at radius 3 is 2.04 bits per heavy atom. The fourth-order valence-electron chi connectivity index (χ4n) is 2.65. The van der Waals surface area contributed by atoms with Gasteiger partial charge >= 0.3 is 0 Å². The van der Waals surface area contributed by atoms with Crippen LogP contribution in [0, 0.1) is 0 Å². The Hall–Kier alpha value is -1.88. The molecular formula is C17H16Cl2N2O2. The molecule has 1 aliphatic rings. The highest BCUT2D eigenvalue weighted by molar-refractivity contribution is 6.31. The van der Waals surface area contributed by atoms with E-state index in [2.05, 4.69) is 0 Å². The zero-order valence-electron chi connectivity index (χ0n) is 12.2. The first-order valence-corrected chi connectivity index (χ1v) is 7.40. The normalized spacial score (nSPS) is 14.4. The number of halogens is 2. The van der Waals surface area contributed by atoms with Crippen LogP contribution in [0.25, 0.3) is 0 Å². The Balaban J connectivity index is 0.00000192. The molecule has 0 radical (unpaired) electrons. The number of amides is 2. The maximum atomic E-state index is 12.3. The first kappa shape index (κ1) is 17.5. The highest BCUT2D eigenvalue weighted by Gasteiger charge is 2.35. The minimum absolute atomic E-state index is 0. The van der Waals surface area contributed by atoms with Gasteiger partial charge in [-0.25, -0.2) is 0 Å². The zero-order chi connectivity index (χ0) is 15.7. The number of carbonyl (C=O) groups is 2. The van der Waals surface area contributed by atoms with Crippen molar-refractivity contribution in [3.8, 4) is 0 Å². The summed E-state index contributed by atoms with van der Waals surface area (Å²) in [4.78, 5) is 25.8. The van der Waals surface area contributed by atoms with Crippen LogP contribution in [0.1, 0.15) is 26.3 Å². The van der Waals surface area contributed by atoms with Gasteiger partial charge in [0.15, 0.2) is 0 Å². The van der Waals surface area contributed by atoms with Crippen LogP contribution in [-0.4, -0.2) is 29.3 Å². The lowest BCUT2D eigenvalue weighted by molar-refractivity contribution is 0.0644. The molecule has 4 nitrogen and oxygen atoms in total. The molecule has 3 rings (SSSR count). The van der Waals surface area contributed by atoms with Crippen LogP contribution in [0.5, 0.6) is 0 Å². The lowest BCUT2D eigenvalue weighted by Gasteiger charge is -2.19. The minimum Gasteiger partial charge on any atom is -0.326 e. The number of rotatable bonds is 4. The molecule has 1 aliphatic heterocycles. The first-order valence-electron chi connectivity index (χ1n) is 7.02. The molecule has 0 unspecified atom stereocenters. The van der Waals surface area contributed by atoms with Gasteiger partial charge in [-0.15, -0.1) is 12.4 Å². The predicted octanol–water partition coefficient (Wildman–Crippen LogP) is 2.93. The van der Waals surface area contributed by atoms with Crippen molar-refractivity contribution in [2.24, 2.45) is 5.73 Å².